The van der Waals surface area contributed by atoms with E-state index in [1.807, 2.05) is 4.90 Å². The van der Waals surface area contributed by atoms with Crippen molar-refractivity contribution >= 4 is 40.8 Å². The van der Waals surface area contributed by atoms with Crippen LogP contribution in [-0.4, -0.2) is 48.0 Å². The number of anilines is 1. The van der Waals surface area contributed by atoms with Crippen LogP contribution in [0.25, 0.3) is 0 Å². The first kappa shape index (κ1) is 21.4. The summed E-state index contributed by atoms with van der Waals surface area (Å²) in [6.45, 7) is 1.60. The molecule has 2 aromatic carbocycles. The summed E-state index contributed by atoms with van der Waals surface area (Å²) in [4.78, 5) is 38.2. The van der Waals surface area contributed by atoms with Crippen LogP contribution in [0.2, 0.25) is 0 Å². The lowest BCUT2D eigenvalue weighted by Crippen LogP contribution is -2.35. The molecule has 0 unspecified atom stereocenters. The molecule has 0 spiro atoms. The van der Waals surface area contributed by atoms with Crippen LogP contribution in [0.4, 0.5) is 5.69 Å². The Labute approximate surface area is 180 Å². The van der Waals surface area contributed by atoms with Crippen LogP contribution in [0.15, 0.2) is 48.5 Å². The molecule has 3 rings (SSSR count). The topological polar surface area (TPSA) is 87.7 Å². The van der Waals surface area contributed by atoms with Crippen molar-refractivity contribution in [3.8, 4) is 0 Å². The first-order valence-corrected chi connectivity index (χ1v) is 10.1. The molecule has 0 atom stereocenters. The van der Waals surface area contributed by atoms with Crippen molar-refractivity contribution in [3.63, 3.8) is 0 Å². The Morgan fingerprint density at radius 3 is 2.03 bits per heavy atom. The summed E-state index contributed by atoms with van der Waals surface area (Å²) >= 11 is 5.19. The predicted molar refractivity (Wildman–Crippen MR) is 118 cm³/mol. The molecule has 2 amide bonds. The zero-order chi connectivity index (χ0) is 21.5. The highest BCUT2D eigenvalue weighted by atomic mass is 32.1. The lowest BCUT2D eigenvalue weighted by molar-refractivity contribution is 0.0600. The Balaban J connectivity index is 1.54. The molecule has 0 aromatic heterocycles. The number of benzene rings is 2. The number of carbonyl (C=O) groups is 3. The zero-order valence-electron chi connectivity index (χ0n) is 16.6. The molecule has 2 aromatic rings. The molecule has 1 fully saturated rings. The van der Waals surface area contributed by atoms with E-state index in [9.17, 15) is 14.4 Å². The number of piperidine rings is 1. The fraction of sp³-hybridized carbons (Fsp3) is 0.273. The van der Waals surface area contributed by atoms with E-state index >= 15 is 0 Å². The Hall–Kier alpha value is -3.26. The minimum atomic E-state index is -0.471. The smallest absolute Gasteiger partial charge is 0.337 e. The van der Waals surface area contributed by atoms with E-state index in [0.29, 0.717) is 22.4 Å². The van der Waals surface area contributed by atoms with E-state index in [1.54, 1.807) is 24.3 Å². The summed E-state index contributed by atoms with van der Waals surface area (Å²) in [5.74, 6) is -0.838. The number of amides is 2. The molecule has 1 heterocycles. The largest absolute Gasteiger partial charge is 0.465 e. The predicted octanol–water partition coefficient (Wildman–Crippen LogP) is 3.23. The Morgan fingerprint density at radius 1 is 0.867 bits per heavy atom. The van der Waals surface area contributed by atoms with Crippen molar-refractivity contribution in [3.05, 3.63) is 65.2 Å². The second-order valence-electron chi connectivity index (χ2n) is 6.91. The molecular weight excluding hydrogens is 402 g/mol. The highest BCUT2D eigenvalue weighted by molar-refractivity contribution is 7.80. The van der Waals surface area contributed by atoms with Gasteiger partial charge >= 0.3 is 5.97 Å². The van der Waals surface area contributed by atoms with Crippen molar-refractivity contribution in [2.45, 2.75) is 19.3 Å². The SMILES string of the molecule is COC(=O)c1ccc(C(=O)NC(=S)Nc2ccc(C(=O)N3CCCCC3)cc2)cc1. The van der Waals surface area contributed by atoms with Crippen LogP contribution >= 0.6 is 12.2 Å². The van der Waals surface area contributed by atoms with Crippen LogP contribution in [0.1, 0.15) is 50.3 Å². The molecule has 156 valence electrons. The van der Waals surface area contributed by atoms with Crippen LogP contribution in [-0.2, 0) is 4.74 Å². The van der Waals surface area contributed by atoms with Gasteiger partial charge in [0.2, 0.25) is 0 Å². The quantitative estimate of drug-likeness (QED) is 0.578. The zero-order valence-corrected chi connectivity index (χ0v) is 17.5. The number of likely N-dealkylation sites (tertiary alicyclic amines) is 1. The van der Waals surface area contributed by atoms with Gasteiger partial charge in [-0.2, -0.15) is 0 Å². The van der Waals surface area contributed by atoms with Gasteiger partial charge in [-0.25, -0.2) is 4.79 Å². The fourth-order valence-corrected chi connectivity index (χ4v) is 3.40. The molecule has 1 aliphatic heterocycles. The van der Waals surface area contributed by atoms with Gasteiger partial charge in [-0.3, -0.25) is 14.9 Å². The highest BCUT2D eigenvalue weighted by Crippen LogP contribution is 2.15. The molecule has 1 saturated heterocycles. The maximum Gasteiger partial charge on any atom is 0.337 e. The standard InChI is InChI=1S/C22H23N3O4S/c1-29-21(28)17-7-5-15(6-8-17)19(26)24-22(30)23-18-11-9-16(10-12-18)20(27)25-13-3-2-4-14-25/h5-12H,2-4,13-14H2,1H3,(H2,23,24,26,30). The van der Waals surface area contributed by atoms with Crippen molar-refractivity contribution in [2.75, 3.05) is 25.5 Å². The second kappa shape index (κ2) is 9.98. The normalized spacial score (nSPS) is 13.3. The number of esters is 1. The second-order valence-corrected chi connectivity index (χ2v) is 7.32. The molecule has 30 heavy (non-hydrogen) atoms. The van der Waals surface area contributed by atoms with Gasteiger partial charge in [-0.1, -0.05) is 0 Å². The molecule has 0 bridgehead atoms. The lowest BCUT2D eigenvalue weighted by Gasteiger charge is -2.26. The maximum atomic E-state index is 12.5. The average Bonchev–Trinajstić information content (AvgIpc) is 2.79. The molecule has 0 aliphatic carbocycles. The number of rotatable bonds is 4. The lowest BCUT2D eigenvalue weighted by atomic mass is 10.1. The number of carbonyl (C=O) groups excluding carboxylic acids is 3. The van der Waals surface area contributed by atoms with Crippen molar-refractivity contribution in [1.29, 1.82) is 0 Å². The Kier molecular flexibility index (Phi) is 7.13. The summed E-state index contributed by atoms with van der Waals surface area (Å²) in [6.07, 6.45) is 3.26. The third kappa shape index (κ3) is 5.42. The minimum absolute atomic E-state index is 0.0348. The van der Waals surface area contributed by atoms with Crippen LogP contribution in [0.5, 0.6) is 0 Å². The van der Waals surface area contributed by atoms with Gasteiger partial charge in [-0.15, -0.1) is 0 Å². The van der Waals surface area contributed by atoms with Gasteiger partial charge in [0.25, 0.3) is 11.8 Å². The molecule has 2 N–H and O–H groups in total. The summed E-state index contributed by atoms with van der Waals surface area (Å²) in [7, 11) is 1.29. The number of hydrogen-bond donors (Lipinski definition) is 2. The molecular formula is C22H23N3O4S. The third-order valence-electron chi connectivity index (χ3n) is 4.83. The van der Waals surface area contributed by atoms with Crippen LogP contribution < -0.4 is 10.6 Å². The number of thiocarbonyl (C=S) groups is 1. The van der Waals surface area contributed by atoms with Crippen LogP contribution in [0, 0.1) is 0 Å². The summed E-state index contributed by atoms with van der Waals surface area (Å²) in [5.41, 5.74) is 2.00. The average molecular weight is 426 g/mol. The van der Waals surface area contributed by atoms with Gasteiger partial charge in [-0.05, 0) is 80.0 Å². The van der Waals surface area contributed by atoms with E-state index in [0.717, 1.165) is 25.9 Å². The van der Waals surface area contributed by atoms with E-state index in [-0.39, 0.29) is 11.0 Å². The summed E-state index contributed by atoms with van der Waals surface area (Å²) in [5, 5.41) is 5.65. The van der Waals surface area contributed by atoms with E-state index in [4.69, 9.17) is 12.2 Å². The van der Waals surface area contributed by atoms with Gasteiger partial charge in [0, 0.05) is 29.9 Å². The van der Waals surface area contributed by atoms with Gasteiger partial charge < -0.3 is 15.0 Å². The number of ether oxygens (including phenoxy) is 1. The first-order valence-electron chi connectivity index (χ1n) is 9.68. The van der Waals surface area contributed by atoms with Gasteiger partial charge in [0.15, 0.2) is 5.11 Å². The van der Waals surface area contributed by atoms with Crippen molar-refractivity contribution in [2.24, 2.45) is 0 Å². The molecule has 1 aliphatic rings. The Bertz CT molecular complexity index is 936. The van der Waals surface area contributed by atoms with Crippen molar-refractivity contribution in [1.82, 2.24) is 10.2 Å². The molecule has 7 nitrogen and oxygen atoms in total. The molecule has 8 heteroatoms. The molecule has 0 saturated carbocycles. The first-order chi connectivity index (χ1) is 14.5. The van der Waals surface area contributed by atoms with E-state index in [1.165, 1.54) is 37.8 Å². The van der Waals surface area contributed by atoms with Gasteiger partial charge in [0.1, 0.15) is 0 Å². The van der Waals surface area contributed by atoms with Crippen molar-refractivity contribution < 1.29 is 19.1 Å². The maximum absolute atomic E-state index is 12.5. The minimum Gasteiger partial charge on any atom is -0.465 e. The molecule has 0 radical (unpaired) electrons. The van der Waals surface area contributed by atoms with E-state index < -0.39 is 11.9 Å². The van der Waals surface area contributed by atoms with Gasteiger partial charge in [0.05, 0.1) is 12.7 Å². The number of nitrogens with zero attached hydrogens (tertiary/aromatic N) is 1. The van der Waals surface area contributed by atoms with Crippen LogP contribution in [0.3, 0.4) is 0 Å². The number of nitrogens with one attached hydrogen (secondary N) is 2. The number of methoxy groups -OCH3 is 1. The number of hydrogen-bond acceptors (Lipinski definition) is 5. The fourth-order valence-electron chi connectivity index (χ4n) is 3.19. The monoisotopic (exact) mass is 425 g/mol. The summed E-state index contributed by atoms with van der Waals surface area (Å²) in [6, 6.07) is 13.0. The highest BCUT2D eigenvalue weighted by Gasteiger charge is 2.18. The Morgan fingerprint density at radius 2 is 1.43 bits per heavy atom. The van der Waals surface area contributed by atoms with E-state index in [2.05, 4.69) is 15.4 Å². The third-order valence-corrected chi connectivity index (χ3v) is 5.03. The summed E-state index contributed by atoms with van der Waals surface area (Å²) < 4.78 is 4.63.